The van der Waals surface area contributed by atoms with E-state index in [9.17, 15) is 10.1 Å². The summed E-state index contributed by atoms with van der Waals surface area (Å²) in [4.78, 5) is 10.4. The standard InChI is InChI=1S/C13H15N3O2/c1-9-4-7-12(16(17)18)8-13(9)14-15-10(2)5-6-11(15)3/h4-8,14H,1-3H3. The molecule has 0 aliphatic carbocycles. The molecular formula is C13H15N3O2. The van der Waals surface area contributed by atoms with Crippen LogP contribution in [0.2, 0.25) is 0 Å². The zero-order chi connectivity index (χ0) is 13.3. The highest BCUT2D eigenvalue weighted by Gasteiger charge is 2.09. The maximum absolute atomic E-state index is 10.8. The third-order valence-corrected chi connectivity index (χ3v) is 2.94. The molecule has 0 radical (unpaired) electrons. The molecule has 0 spiro atoms. The molecule has 0 saturated carbocycles. The highest BCUT2D eigenvalue weighted by molar-refractivity contribution is 5.57. The zero-order valence-corrected chi connectivity index (χ0v) is 10.6. The van der Waals surface area contributed by atoms with Crippen molar-refractivity contribution in [3.8, 4) is 0 Å². The molecule has 1 N–H and O–H groups in total. The van der Waals surface area contributed by atoms with Crippen molar-refractivity contribution in [2.75, 3.05) is 5.43 Å². The number of nitrogens with one attached hydrogen (secondary N) is 1. The molecule has 0 bridgehead atoms. The second kappa shape index (κ2) is 4.52. The molecule has 0 aliphatic rings. The van der Waals surface area contributed by atoms with Gasteiger partial charge in [-0.1, -0.05) is 6.07 Å². The number of rotatable bonds is 3. The molecule has 0 amide bonds. The van der Waals surface area contributed by atoms with Gasteiger partial charge in [0, 0.05) is 23.5 Å². The van der Waals surface area contributed by atoms with E-state index in [-0.39, 0.29) is 10.6 Å². The Morgan fingerprint density at radius 2 is 1.72 bits per heavy atom. The first kappa shape index (κ1) is 12.2. The maximum atomic E-state index is 10.8. The predicted octanol–water partition coefficient (Wildman–Crippen LogP) is 3.20. The molecule has 0 atom stereocenters. The monoisotopic (exact) mass is 245 g/mol. The number of non-ortho nitro benzene ring substituents is 1. The van der Waals surface area contributed by atoms with Gasteiger partial charge in [0.1, 0.15) is 0 Å². The summed E-state index contributed by atoms with van der Waals surface area (Å²) in [6, 6.07) is 8.79. The summed E-state index contributed by atoms with van der Waals surface area (Å²) in [7, 11) is 0. The molecule has 5 heteroatoms. The number of nitro benzene ring substituents is 1. The van der Waals surface area contributed by atoms with Gasteiger partial charge in [0.25, 0.3) is 5.69 Å². The lowest BCUT2D eigenvalue weighted by atomic mass is 10.2. The molecule has 2 aromatic rings. The number of anilines is 1. The number of benzene rings is 1. The first-order valence-electron chi connectivity index (χ1n) is 5.66. The summed E-state index contributed by atoms with van der Waals surface area (Å²) in [6.45, 7) is 5.87. The van der Waals surface area contributed by atoms with Gasteiger partial charge in [-0.3, -0.25) is 20.2 Å². The number of hydrogen-bond donors (Lipinski definition) is 1. The van der Waals surface area contributed by atoms with Crippen molar-refractivity contribution in [2.24, 2.45) is 0 Å². The Labute approximate surface area is 105 Å². The molecule has 94 valence electrons. The highest BCUT2D eigenvalue weighted by atomic mass is 16.6. The van der Waals surface area contributed by atoms with Gasteiger partial charge in [0.05, 0.1) is 10.6 Å². The van der Waals surface area contributed by atoms with Crippen LogP contribution in [0.4, 0.5) is 11.4 Å². The Balaban J connectivity index is 2.40. The third kappa shape index (κ3) is 2.20. The van der Waals surface area contributed by atoms with E-state index in [1.54, 1.807) is 12.1 Å². The second-order valence-electron chi connectivity index (χ2n) is 4.32. The van der Waals surface area contributed by atoms with E-state index in [0.29, 0.717) is 0 Å². The van der Waals surface area contributed by atoms with Crippen LogP contribution in [-0.2, 0) is 0 Å². The summed E-state index contributed by atoms with van der Waals surface area (Å²) in [5, 5.41) is 10.8. The van der Waals surface area contributed by atoms with Crippen LogP contribution in [0.1, 0.15) is 17.0 Å². The van der Waals surface area contributed by atoms with Gasteiger partial charge in [0.15, 0.2) is 0 Å². The van der Waals surface area contributed by atoms with E-state index in [1.165, 1.54) is 6.07 Å². The molecule has 0 aliphatic heterocycles. The first-order chi connectivity index (χ1) is 8.49. The SMILES string of the molecule is Cc1ccc([N+](=O)[O-])cc1Nn1c(C)ccc1C. The van der Waals surface area contributed by atoms with Crippen molar-refractivity contribution in [1.29, 1.82) is 0 Å². The van der Waals surface area contributed by atoms with Crippen LogP contribution >= 0.6 is 0 Å². The Bertz CT molecular complexity index is 583. The van der Waals surface area contributed by atoms with Gasteiger partial charge >= 0.3 is 0 Å². The Morgan fingerprint density at radius 1 is 1.11 bits per heavy atom. The number of aromatic nitrogens is 1. The summed E-state index contributed by atoms with van der Waals surface area (Å²) < 4.78 is 1.91. The van der Waals surface area contributed by atoms with Crippen molar-refractivity contribution >= 4 is 11.4 Å². The Morgan fingerprint density at radius 3 is 2.28 bits per heavy atom. The fourth-order valence-corrected chi connectivity index (χ4v) is 1.81. The van der Waals surface area contributed by atoms with Crippen LogP contribution < -0.4 is 5.43 Å². The van der Waals surface area contributed by atoms with Crippen LogP contribution in [0.15, 0.2) is 30.3 Å². The lowest BCUT2D eigenvalue weighted by molar-refractivity contribution is -0.384. The van der Waals surface area contributed by atoms with Crippen molar-refractivity contribution in [3.05, 3.63) is 57.4 Å². The average molecular weight is 245 g/mol. The van der Waals surface area contributed by atoms with Crippen molar-refractivity contribution in [3.63, 3.8) is 0 Å². The maximum Gasteiger partial charge on any atom is 0.271 e. The van der Waals surface area contributed by atoms with Crippen LogP contribution in [-0.4, -0.2) is 9.60 Å². The summed E-state index contributed by atoms with van der Waals surface area (Å²) >= 11 is 0. The zero-order valence-electron chi connectivity index (χ0n) is 10.6. The highest BCUT2D eigenvalue weighted by Crippen LogP contribution is 2.22. The predicted molar refractivity (Wildman–Crippen MR) is 70.8 cm³/mol. The fraction of sp³-hybridized carbons (Fsp3) is 0.231. The largest absolute Gasteiger partial charge is 0.294 e. The van der Waals surface area contributed by atoms with Gasteiger partial charge in [0.2, 0.25) is 0 Å². The minimum atomic E-state index is -0.389. The molecule has 1 aromatic heterocycles. The van der Waals surface area contributed by atoms with Crippen molar-refractivity contribution < 1.29 is 4.92 Å². The second-order valence-corrected chi connectivity index (χ2v) is 4.32. The number of aryl methyl sites for hydroxylation is 3. The normalized spacial score (nSPS) is 10.4. The van der Waals surface area contributed by atoms with Crippen LogP contribution in [0.3, 0.4) is 0 Å². The van der Waals surface area contributed by atoms with E-state index in [2.05, 4.69) is 5.43 Å². The Hall–Kier alpha value is -2.30. The molecule has 0 unspecified atom stereocenters. The lowest BCUT2D eigenvalue weighted by Crippen LogP contribution is -2.13. The number of hydrogen-bond acceptors (Lipinski definition) is 3. The number of nitrogens with zero attached hydrogens (tertiary/aromatic N) is 2. The van der Waals surface area contributed by atoms with Gasteiger partial charge < -0.3 is 0 Å². The molecular weight excluding hydrogens is 230 g/mol. The topological polar surface area (TPSA) is 60.1 Å². The van der Waals surface area contributed by atoms with E-state index in [1.807, 2.05) is 37.6 Å². The van der Waals surface area contributed by atoms with Crippen molar-refractivity contribution in [1.82, 2.24) is 4.68 Å². The number of nitro groups is 1. The fourth-order valence-electron chi connectivity index (χ4n) is 1.81. The molecule has 0 saturated heterocycles. The van der Waals surface area contributed by atoms with Gasteiger partial charge in [-0.25, -0.2) is 0 Å². The molecule has 5 nitrogen and oxygen atoms in total. The quantitative estimate of drug-likeness (QED) is 0.667. The third-order valence-electron chi connectivity index (χ3n) is 2.94. The van der Waals surface area contributed by atoms with E-state index in [4.69, 9.17) is 0 Å². The molecule has 2 rings (SSSR count). The smallest absolute Gasteiger partial charge is 0.271 e. The van der Waals surface area contributed by atoms with E-state index >= 15 is 0 Å². The average Bonchev–Trinajstić information content (AvgIpc) is 2.63. The van der Waals surface area contributed by atoms with Gasteiger partial charge in [-0.2, -0.15) is 0 Å². The van der Waals surface area contributed by atoms with Crippen LogP contribution in [0.25, 0.3) is 0 Å². The van der Waals surface area contributed by atoms with Gasteiger partial charge in [-0.05, 0) is 38.5 Å². The summed E-state index contributed by atoms with van der Waals surface area (Å²) in [5.74, 6) is 0. The summed E-state index contributed by atoms with van der Waals surface area (Å²) in [5.41, 5.74) is 7.10. The van der Waals surface area contributed by atoms with Crippen molar-refractivity contribution in [2.45, 2.75) is 20.8 Å². The molecule has 0 fully saturated rings. The minimum Gasteiger partial charge on any atom is -0.294 e. The van der Waals surface area contributed by atoms with E-state index in [0.717, 1.165) is 22.6 Å². The van der Waals surface area contributed by atoms with E-state index < -0.39 is 0 Å². The summed E-state index contributed by atoms with van der Waals surface area (Å²) in [6.07, 6.45) is 0. The van der Waals surface area contributed by atoms with Gasteiger partial charge in [-0.15, -0.1) is 0 Å². The first-order valence-corrected chi connectivity index (χ1v) is 5.66. The molecule has 1 heterocycles. The van der Waals surface area contributed by atoms with Crippen LogP contribution in [0.5, 0.6) is 0 Å². The minimum absolute atomic E-state index is 0.0885. The van der Waals surface area contributed by atoms with Crippen LogP contribution in [0, 0.1) is 30.9 Å². The molecule has 18 heavy (non-hydrogen) atoms. The molecule has 1 aromatic carbocycles. The Kier molecular flexibility index (Phi) is 3.06. The lowest BCUT2D eigenvalue weighted by Gasteiger charge is -2.14.